The number of ether oxygens (including phenoxy) is 1. The van der Waals surface area contributed by atoms with Crippen LogP contribution in [0.5, 0.6) is 5.75 Å². The molecule has 3 aromatic rings. The lowest BCUT2D eigenvalue weighted by atomic mass is 10.2. The number of halogens is 2. The van der Waals surface area contributed by atoms with E-state index in [1.165, 1.54) is 36.0 Å². The molecule has 3 heterocycles. The number of aromatic nitrogens is 3. The van der Waals surface area contributed by atoms with Crippen LogP contribution in [-0.4, -0.2) is 34.2 Å². The predicted molar refractivity (Wildman–Crippen MR) is 104 cm³/mol. The first-order valence-corrected chi connectivity index (χ1v) is 9.96. The zero-order valence-electron chi connectivity index (χ0n) is 16.2. The molecule has 0 bridgehead atoms. The largest absolute Gasteiger partial charge is 0.495 e. The van der Waals surface area contributed by atoms with Crippen molar-refractivity contribution < 1.29 is 21.9 Å². The zero-order valence-corrected chi connectivity index (χ0v) is 17.0. The maximum Gasteiger partial charge on any atom is 0.321 e. The van der Waals surface area contributed by atoms with Crippen LogP contribution in [0.2, 0.25) is 0 Å². The van der Waals surface area contributed by atoms with Crippen molar-refractivity contribution >= 4 is 21.2 Å². The van der Waals surface area contributed by atoms with Crippen LogP contribution in [0.4, 0.5) is 14.5 Å². The van der Waals surface area contributed by atoms with Crippen molar-refractivity contribution in [3.63, 3.8) is 0 Å². The monoisotopic (exact) mass is 426 g/mol. The summed E-state index contributed by atoms with van der Waals surface area (Å²) in [4.78, 5) is 15.9. The number of anilines is 1. The fourth-order valence-electron chi connectivity index (χ4n) is 2.80. The Morgan fingerprint density at radius 1 is 1.21 bits per heavy atom. The van der Waals surface area contributed by atoms with E-state index in [0.29, 0.717) is 5.65 Å². The first-order chi connectivity index (χ1) is 13.4. The highest BCUT2D eigenvalue weighted by molar-refractivity contribution is 7.92. The van der Waals surface area contributed by atoms with Crippen LogP contribution in [0.25, 0.3) is 16.9 Å². The molecule has 0 radical (unpaired) electrons. The molecule has 29 heavy (non-hydrogen) atoms. The Kier molecular flexibility index (Phi) is 4.89. The van der Waals surface area contributed by atoms with E-state index in [1.807, 2.05) is 0 Å². The summed E-state index contributed by atoms with van der Waals surface area (Å²) in [5.74, 6) is 0.113. The quantitative estimate of drug-likeness (QED) is 0.687. The highest BCUT2D eigenvalue weighted by Crippen LogP contribution is 2.34. The summed E-state index contributed by atoms with van der Waals surface area (Å²) in [6, 6.07) is 2.68. The van der Waals surface area contributed by atoms with Crippen molar-refractivity contribution in [3.8, 4) is 17.0 Å². The van der Waals surface area contributed by atoms with Crippen molar-refractivity contribution in [1.29, 1.82) is 0 Å². The van der Waals surface area contributed by atoms with Crippen molar-refractivity contribution in [1.82, 2.24) is 14.0 Å². The Bertz CT molecular complexity index is 1260. The van der Waals surface area contributed by atoms with Gasteiger partial charge >= 0.3 is 6.55 Å². The molecule has 0 fully saturated rings. The molecule has 0 spiro atoms. The first-order valence-electron chi connectivity index (χ1n) is 8.48. The normalized spacial score (nSPS) is 12.7. The van der Waals surface area contributed by atoms with Gasteiger partial charge in [0.15, 0.2) is 9.84 Å². The number of nitrogens with zero attached hydrogens (tertiary/aromatic N) is 3. The second kappa shape index (κ2) is 6.83. The molecule has 11 heteroatoms. The Balaban J connectivity index is 2.34. The number of nitrogens with two attached hydrogens (primary N) is 1. The fourth-order valence-corrected chi connectivity index (χ4v) is 4.11. The molecular formula is C18H20F2N4O4S. The fraction of sp³-hybridized carbons (Fsp3) is 0.333. The molecule has 0 aliphatic rings. The van der Waals surface area contributed by atoms with E-state index in [2.05, 4.69) is 4.98 Å². The molecule has 156 valence electrons. The maximum atomic E-state index is 13.2. The molecule has 0 aliphatic heterocycles. The maximum absolute atomic E-state index is 13.2. The molecule has 2 N–H and O–H groups in total. The summed E-state index contributed by atoms with van der Waals surface area (Å²) < 4.78 is 58.2. The molecule has 0 saturated heterocycles. The minimum Gasteiger partial charge on any atom is -0.495 e. The summed E-state index contributed by atoms with van der Waals surface area (Å²) in [5.41, 5.74) is 5.01. The van der Waals surface area contributed by atoms with Gasteiger partial charge in [0, 0.05) is 24.0 Å². The summed E-state index contributed by atoms with van der Waals surface area (Å²) >= 11 is 0. The summed E-state index contributed by atoms with van der Waals surface area (Å²) in [7, 11) is -2.45. The average molecular weight is 426 g/mol. The molecule has 0 aliphatic carbocycles. The molecule has 0 amide bonds. The number of hydrogen-bond donors (Lipinski definition) is 1. The van der Waals surface area contributed by atoms with Crippen LogP contribution in [-0.2, 0) is 9.84 Å². The SMILES string of the molecule is COc1cc2ncc(-c3cc(N)c(=O)n(C(F)F)c3)n2cc1S(=O)(=O)C(C)(C)C. The number of pyridine rings is 2. The van der Waals surface area contributed by atoms with Crippen LogP contribution in [0, 0.1) is 0 Å². The molecule has 0 aromatic carbocycles. The van der Waals surface area contributed by atoms with Gasteiger partial charge < -0.3 is 10.5 Å². The number of methoxy groups -OCH3 is 1. The van der Waals surface area contributed by atoms with Crippen LogP contribution in [0.3, 0.4) is 0 Å². The number of hydrogen-bond acceptors (Lipinski definition) is 6. The third-order valence-corrected chi connectivity index (χ3v) is 6.97. The average Bonchev–Trinajstić information content (AvgIpc) is 3.04. The van der Waals surface area contributed by atoms with Crippen LogP contribution in [0.15, 0.2) is 40.4 Å². The molecule has 0 atom stereocenters. The van der Waals surface area contributed by atoms with Crippen molar-refractivity contribution in [3.05, 3.63) is 41.1 Å². The molecule has 0 saturated carbocycles. The van der Waals surface area contributed by atoms with Gasteiger partial charge in [0.25, 0.3) is 5.56 Å². The molecule has 3 rings (SSSR count). The minimum atomic E-state index is -3.80. The molecule has 3 aromatic heterocycles. The molecule has 0 unspecified atom stereocenters. The van der Waals surface area contributed by atoms with E-state index in [-0.39, 0.29) is 32.2 Å². The van der Waals surface area contributed by atoms with Crippen molar-refractivity contribution in [2.75, 3.05) is 12.8 Å². The van der Waals surface area contributed by atoms with Gasteiger partial charge in [-0.2, -0.15) is 8.78 Å². The topological polar surface area (TPSA) is 109 Å². The van der Waals surface area contributed by atoms with Gasteiger partial charge in [-0.15, -0.1) is 0 Å². The summed E-state index contributed by atoms with van der Waals surface area (Å²) in [5, 5.41) is 0. The van der Waals surface area contributed by atoms with E-state index in [0.717, 1.165) is 6.20 Å². The summed E-state index contributed by atoms with van der Waals surface area (Å²) in [6.07, 6.45) is 3.65. The number of imidazole rings is 1. The number of sulfone groups is 1. The lowest BCUT2D eigenvalue weighted by molar-refractivity contribution is 0.0667. The number of alkyl halides is 2. The Hall–Kier alpha value is -2.95. The smallest absolute Gasteiger partial charge is 0.321 e. The van der Waals surface area contributed by atoms with Crippen LogP contribution >= 0.6 is 0 Å². The van der Waals surface area contributed by atoms with E-state index in [1.54, 1.807) is 20.8 Å². The van der Waals surface area contributed by atoms with Gasteiger partial charge in [-0.05, 0) is 26.8 Å². The van der Waals surface area contributed by atoms with Crippen LogP contribution < -0.4 is 16.0 Å². The highest BCUT2D eigenvalue weighted by atomic mass is 32.2. The van der Waals surface area contributed by atoms with Gasteiger partial charge in [-0.1, -0.05) is 0 Å². The predicted octanol–water partition coefficient (Wildman–Crippen LogP) is 2.72. The number of nitrogen functional groups attached to an aromatic ring is 1. The third-order valence-electron chi connectivity index (χ3n) is 4.47. The van der Waals surface area contributed by atoms with Crippen molar-refractivity contribution in [2.45, 2.75) is 37.0 Å². The first kappa shape index (κ1) is 20.8. The van der Waals surface area contributed by atoms with E-state index >= 15 is 0 Å². The minimum absolute atomic E-state index is 0.0746. The number of fused-ring (bicyclic) bond motifs is 1. The van der Waals surface area contributed by atoms with Gasteiger partial charge in [0.1, 0.15) is 16.3 Å². The zero-order chi connectivity index (χ0) is 21.7. The molecule has 8 nitrogen and oxygen atoms in total. The highest BCUT2D eigenvalue weighted by Gasteiger charge is 2.34. The van der Waals surface area contributed by atoms with Crippen LogP contribution in [0.1, 0.15) is 27.3 Å². The third kappa shape index (κ3) is 3.35. The lowest BCUT2D eigenvalue weighted by Crippen LogP contribution is -2.28. The number of rotatable bonds is 4. The van der Waals surface area contributed by atoms with Crippen molar-refractivity contribution in [2.24, 2.45) is 0 Å². The van der Waals surface area contributed by atoms with Gasteiger partial charge in [-0.25, -0.2) is 13.4 Å². The second-order valence-corrected chi connectivity index (χ2v) is 10.0. The van der Waals surface area contributed by atoms with E-state index < -0.39 is 26.7 Å². The Morgan fingerprint density at radius 3 is 2.41 bits per heavy atom. The lowest BCUT2D eigenvalue weighted by Gasteiger charge is -2.21. The summed E-state index contributed by atoms with van der Waals surface area (Å²) in [6.45, 7) is 1.58. The Morgan fingerprint density at radius 2 is 1.86 bits per heavy atom. The van der Waals surface area contributed by atoms with E-state index in [9.17, 15) is 22.0 Å². The van der Waals surface area contributed by atoms with Gasteiger partial charge in [-0.3, -0.25) is 13.8 Å². The second-order valence-electron chi connectivity index (χ2n) is 7.37. The molecular weight excluding hydrogens is 406 g/mol. The van der Waals surface area contributed by atoms with E-state index in [4.69, 9.17) is 10.5 Å². The van der Waals surface area contributed by atoms with Gasteiger partial charge in [0.05, 0.1) is 29.4 Å². The standard InChI is InChI=1S/C18H20F2N4O4S/c1-18(2,3)29(26,27)14-9-23-12(7-22-15(23)6-13(14)28-4)10-5-11(21)16(25)24(8-10)17(19)20/h5-9,17H,21H2,1-4H3. The van der Waals surface area contributed by atoms with Gasteiger partial charge in [0.2, 0.25) is 0 Å². The Labute approximate surface area is 165 Å².